The van der Waals surface area contributed by atoms with E-state index in [4.69, 9.17) is 0 Å². The Bertz CT molecular complexity index is 1160. The van der Waals surface area contributed by atoms with Crippen LogP contribution < -0.4 is 9.62 Å². The molecule has 0 aromatic heterocycles. The SMILES string of the molecule is Cc1cccc(C)c1N(CC(=O)N(Cc1ccc(F)cc1)C(C)C(=O)NC1CCCCC1)S(C)(=O)=O. The Balaban J connectivity index is 1.90. The van der Waals surface area contributed by atoms with Crippen LogP contribution in [0, 0.1) is 19.7 Å². The predicted octanol–water partition coefficient (Wildman–Crippen LogP) is 4.07. The Morgan fingerprint density at radius 1 is 1.03 bits per heavy atom. The molecule has 1 aliphatic carbocycles. The summed E-state index contributed by atoms with van der Waals surface area (Å²) in [7, 11) is -3.80. The average molecular weight is 518 g/mol. The molecule has 36 heavy (non-hydrogen) atoms. The molecule has 0 spiro atoms. The van der Waals surface area contributed by atoms with Crippen LogP contribution in [-0.4, -0.2) is 50.0 Å². The van der Waals surface area contributed by atoms with E-state index in [0.717, 1.165) is 53.8 Å². The van der Waals surface area contributed by atoms with Crippen LogP contribution in [0.5, 0.6) is 0 Å². The van der Waals surface area contributed by atoms with Crippen molar-refractivity contribution in [2.45, 2.75) is 71.5 Å². The van der Waals surface area contributed by atoms with Gasteiger partial charge in [-0.3, -0.25) is 13.9 Å². The van der Waals surface area contributed by atoms with Gasteiger partial charge in [0.05, 0.1) is 11.9 Å². The summed E-state index contributed by atoms with van der Waals surface area (Å²) in [5.74, 6) is -1.20. The van der Waals surface area contributed by atoms with Crippen LogP contribution in [-0.2, 0) is 26.2 Å². The lowest BCUT2D eigenvalue weighted by molar-refractivity contribution is -0.139. The van der Waals surface area contributed by atoms with E-state index in [1.807, 2.05) is 6.07 Å². The lowest BCUT2D eigenvalue weighted by Gasteiger charge is -2.33. The van der Waals surface area contributed by atoms with Gasteiger partial charge in [0.15, 0.2) is 0 Å². The van der Waals surface area contributed by atoms with E-state index in [0.29, 0.717) is 11.3 Å². The number of carbonyl (C=O) groups excluding carboxylic acids is 2. The van der Waals surface area contributed by atoms with Crippen LogP contribution in [0.4, 0.5) is 10.1 Å². The Morgan fingerprint density at radius 2 is 1.61 bits per heavy atom. The fourth-order valence-corrected chi connectivity index (χ4v) is 5.68. The maximum atomic E-state index is 13.7. The summed E-state index contributed by atoms with van der Waals surface area (Å²) in [6.07, 6.45) is 6.12. The van der Waals surface area contributed by atoms with Crippen molar-refractivity contribution in [3.63, 3.8) is 0 Å². The maximum absolute atomic E-state index is 13.7. The molecule has 3 rings (SSSR count). The number of nitrogens with one attached hydrogen (secondary N) is 1. The number of sulfonamides is 1. The summed E-state index contributed by atoms with van der Waals surface area (Å²) in [5.41, 5.74) is 2.54. The Morgan fingerprint density at radius 3 is 2.17 bits per heavy atom. The molecular formula is C27H36FN3O4S. The minimum absolute atomic E-state index is 0.0444. The Kier molecular flexibility index (Phi) is 9.11. The van der Waals surface area contributed by atoms with Gasteiger partial charge < -0.3 is 10.2 Å². The zero-order valence-electron chi connectivity index (χ0n) is 21.5. The minimum Gasteiger partial charge on any atom is -0.352 e. The zero-order chi connectivity index (χ0) is 26.5. The molecule has 196 valence electrons. The van der Waals surface area contributed by atoms with Crippen molar-refractivity contribution in [3.05, 3.63) is 65.0 Å². The molecule has 1 saturated carbocycles. The van der Waals surface area contributed by atoms with Gasteiger partial charge in [-0.25, -0.2) is 12.8 Å². The first kappa shape index (κ1) is 27.6. The summed E-state index contributed by atoms with van der Waals surface area (Å²) >= 11 is 0. The van der Waals surface area contributed by atoms with Gasteiger partial charge in [0.25, 0.3) is 0 Å². The Labute approximate surface area is 213 Å². The first-order chi connectivity index (χ1) is 17.0. The number of benzene rings is 2. The molecule has 2 aromatic carbocycles. The number of halogens is 1. The number of aryl methyl sites for hydroxylation is 2. The highest BCUT2D eigenvalue weighted by molar-refractivity contribution is 7.92. The second-order valence-electron chi connectivity index (χ2n) is 9.68. The number of anilines is 1. The van der Waals surface area contributed by atoms with Crippen LogP contribution in [0.25, 0.3) is 0 Å². The number of hydrogen-bond acceptors (Lipinski definition) is 4. The largest absolute Gasteiger partial charge is 0.352 e. The van der Waals surface area contributed by atoms with Crippen molar-refractivity contribution < 1.29 is 22.4 Å². The normalized spacial score (nSPS) is 15.2. The summed E-state index contributed by atoms with van der Waals surface area (Å²) in [6, 6.07) is 10.3. The van der Waals surface area contributed by atoms with E-state index in [2.05, 4.69) is 5.32 Å². The number of hydrogen-bond donors (Lipinski definition) is 1. The summed E-state index contributed by atoms with van der Waals surface area (Å²) < 4.78 is 40.2. The standard InChI is InChI=1S/C27H36FN3O4S/c1-19-9-8-10-20(2)26(19)31(36(4,34)35)18-25(32)30(17-22-13-15-23(28)16-14-22)21(3)27(33)29-24-11-6-5-7-12-24/h8-10,13-16,21,24H,5-7,11-12,17-18H2,1-4H3,(H,29,33). The van der Waals surface area contributed by atoms with Crippen LogP contribution in [0.1, 0.15) is 55.7 Å². The first-order valence-electron chi connectivity index (χ1n) is 12.4. The highest BCUT2D eigenvalue weighted by Gasteiger charge is 2.32. The van der Waals surface area contributed by atoms with Gasteiger partial charge in [0.1, 0.15) is 18.4 Å². The second kappa shape index (κ2) is 11.9. The number of nitrogens with zero attached hydrogens (tertiary/aromatic N) is 2. The van der Waals surface area contributed by atoms with Gasteiger partial charge >= 0.3 is 0 Å². The molecule has 1 N–H and O–H groups in total. The molecule has 1 fully saturated rings. The molecule has 0 saturated heterocycles. The van der Waals surface area contributed by atoms with Gasteiger partial charge in [0, 0.05) is 12.6 Å². The van der Waals surface area contributed by atoms with E-state index >= 15 is 0 Å². The van der Waals surface area contributed by atoms with E-state index < -0.39 is 34.3 Å². The van der Waals surface area contributed by atoms with Crippen LogP contribution in [0.3, 0.4) is 0 Å². The van der Waals surface area contributed by atoms with E-state index in [-0.39, 0.29) is 18.5 Å². The molecular weight excluding hydrogens is 481 g/mol. The third-order valence-electron chi connectivity index (χ3n) is 6.75. The fourth-order valence-electron chi connectivity index (χ4n) is 4.71. The molecule has 0 radical (unpaired) electrons. The lowest BCUT2D eigenvalue weighted by atomic mass is 9.95. The molecule has 1 aliphatic rings. The fraction of sp³-hybridized carbons (Fsp3) is 0.481. The van der Waals surface area contributed by atoms with Crippen LogP contribution in [0.2, 0.25) is 0 Å². The topological polar surface area (TPSA) is 86.8 Å². The zero-order valence-corrected chi connectivity index (χ0v) is 22.3. The smallest absolute Gasteiger partial charge is 0.244 e. The van der Waals surface area contributed by atoms with E-state index in [1.54, 1.807) is 45.0 Å². The van der Waals surface area contributed by atoms with Crippen LogP contribution in [0.15, 0.2) is 42.5 Å². The van der Waals surface area contributed by atoms with Crippen molar-refractivity contribution in [2.24, 2.45) is 0 Å². The summed E-state index contributed by atoms with van der Waals surface area (Å²) in [5, 5.41) is 3.06. The van der Waals surface area contributed by atoms with E-state index in [1.165, 1.54) is 17.0 Å². The maximum Gasteiger partial charge on any atom is 0.244 e. The number of amides is 2. The van der Waals surface area contributed by atoms with Gasteiger partial charge in [-0.2, -0.15) is 0 Å². The molecule has 9 heteroatoms. The van der Waals surface area contributed by atoms with Gasteiger partial charge in [-0.1, -0.05) is 49.6 Å². The lowest BCUT2D eigenvalue weighted by Crippen LogP contribution is -2.53. The summed E-state index contributed by atoms with van der Waals surface area (Å²) in [6.45, 7) is 4.82. The highest BCUT2D eigenvalue weighted by Crippen LogP contribution is 2.27. The quantitative estimate of drug-likeness (QED) is 0.543. The first-order valence-corrected chi connectivity index (χ1v) is 14.2. The number of carbonyl (C=O) groups is 2. The minimum atomic E-state index is -3.80. The van der Waals surface area contributed by atoms with Gasteiger partial charge in [0.2, 0.25) is 21.8 Å². The number of rotatable bonds is 9. The number of para-hydroxylation sites is 1. The van der Waals surface area contributed by atoms with E-state index in [9.17, 15) is 22.4 Å². The molecule has 0 bridgehead atoms. The monoisotopic (exact) mass is 517 g/mol. The van der Waals surface area contributed by atoms with Crippen molar-refractivity contribution in [1.29, 1.82) is 0 Å². The van der Waals surface area contributed by atoms with Gasteiger partial charge in [-0.05, 0) is 62.4 Å². The highest BCUT2D eigenvalue weighted by atomic mass is 32.2. The van der Waals surface area contributed by atoms with Crippen molar-refractivity contribution in [3.8, 4) is 0 Å². The van der Waals surface area contributed by atoms with Crippen LogP contribution >= 0.6 is 0 Å². The molecule has 0 heterocycles. The molecule has 1 unspecified atom stereocenters. The third kappa shape index (κ3) is 7.06. The van der Waals surface area contributed by atoms with Crippen molar-refractivity contribution in [2.75, 3.05) is 17.1 Å². The molecule has 1 atom stereocenters. The molecule has 2 aromatic rings. The van der Waals surface area contributed by atoms with Crippen molar-refractivity contribution >= 4 is 27.5 Å². The van der Waals surface area contributed by atoms with Crippen molar-refractivity contribution in [1.82, 2.24) is 10.2 Å². The molecule has 0 aliphatic heterocycles. The predicted molar refractivity (Wildman–Crippen MR) is 140 cm³/mol. The van der Waals surface area contributed by atoms with Gasteiger partial charge in [-0.15, -0.1) is 0 Å². The second-order valence-corrected chi connectivity index (χ2v) is 11.6. The third-order valence-corrected chi connectivity index (χ3v) is 7.87. The molecule has 2 amide bonds. The molecule has 7 nitrogen and oxygen atoms in total. The summed E-state index contributed by atoms with van der Waals surface area (Å²) in [4.78, 5) is 28.2. The average Bonchev–Trinajstić information content (AvgIpc) is 2.82. The Hall–Kier alpha value is -2.94.